The van der Waals surface area contributed by atoms with Crippen molar-refractivity contribution in [2.24, 2.45) is 5.92 Å². The van der Waals surface area contributed by atoms with Crippen LogP contribution in [0.3, 0.4) is 0 Å². The van der Waals surface area contributed by atoms with Crippen molar-refractivity contribution < 1.29 is 22.4 Å². The molecule has 2 aromatic carbocycles. The highest BCUT2D eigenvalue weighted by molar-refractivity contribution is 7.89. The molecule has 33 heavy (non-hydrogen) atoms. The van der Waals surface area contributed by atoms with Gasteiger partial charge in [0.25, 0.3) is 0 Å². The van der Waals surface area contributed by atoms with Crippen molar-refractivity contribution in [3.8, 4) is 0 Å². The van der Waals surface area contributed by atoms with Crippen LogP contribution in [0, 0.1) is 11.7 Å². The molecule has 0 saturated carbocycles. The molecule has 4 rings (SSSR count). The minimum Gasteiger partial charge on any atom is -0.369 e. The first-order chi connectivity index (χ1) is 15.8. The molecule has 176 valence electrons. The number of nitrogens with one attached hydrogen (secondary N) is 1. The third kappa shape index (κ3) is 5.51. The Hall–Kier alpha value is -2.98. The average Bonchev–Trinajstić information content (AvgIpc) is 3.22. The lowest BCUT2D eigenvalue weighted by atomic mass is 10.1. The predicted molar refractivity (Wildman–Crippen MR) is 124 cm³/mol. The van der Waals surface area contributed by atoms with Crippen LogP contribution in [0.15, 0.2) is 54.6 Å². The minimum absolute atomic E-state index is 0.00459. The number of carbonyl (C=O) groups is 2. The Bertz CT molecular complexity index is 1090. The van der Waals surface area contributed by atoms with Gasteiger partial charge in [-0.05, 0) is 36.4 Å². The molecule has 8 nitrogen and oxygen atoms in total. The van der Waals surface area contributed by atoms with Crippen LogP contribution in [0.1, 0.15) is 6.42 Å². The Kier molecular flexibility index (Phi) is 6.94. The molecule has 2 aromatic rings. The van der Waals surface area contributed by atoms with E-state index in [1.165, 1.54) is 16.4 Å². The maximum absolute atomic E-state index is 13.1. The van der Waals surface area contributed by atoms with Gasteiger partial charge in [-0.1, -0.05) is 18.2 Å². The van der Waals surface area contributed by atoms with Crippen LogP contribution in [-0.2, 0) is 19.6 Å². The summed E-state index contributed by atoms with van der Waals surface area (Å²) in [6, 6.07) is 15.3. The first kappa shape index (κ1) is 23.2. The van der Waals surface area contributed by atoms with Crippen molar-refractivity contribution >= 4 is 33.2 Å². The molecule has 2 heterocycles. The lowest BCUT2D eigenvalue weighted by Gasteiger charge is -2.35. The number of amides is 2. The Morgan fingerprint density at radius 3 is 2.30 bits per heavy atom. The molecular weight excluding hydrogens is 447 g/mol. The highest BCUT2D eigenvalue weighted by Crippen LogP contribution is 2.25. The second-order valence-electron chi connectivity index (χ2n) is 8.21. The lowest BCUT2D eigenvalue weighted by Crippen LogP contribution is -2.50. The summed E-state index contributed by atoms with van der Waals surface area (Å²) in [7, 11) is -3.52. The maximum atomic E-state index is 13.1. The number of hydrogen-bond donors (Lipinski definition) is 1. The molecular formula is C23H27FN4O4S. The number of benzene rings is 2. The molecule has 2 aliphatic heterocycles. The van der Waals surface area contributed by atoms with Gasteiger partial charge in [0.05, 0.1) is 11.7 Å². The van der Waals surface area contributed by atoms with E-state index in [0.29, 0.717) is 26.2 Å². The molecule has 0 spiro atoms. The largest absolute Gasteiger partial charge is 0.369 e. The molecule has 2 amide bonds. The fourth-order valence-electron chi connectivity index (χ4n) is 4.19. The number of para-hydroxylation sites is 1. The van der Waals surface area contributed by atoms with Gasteiger partial charge in [0.2, 0.25) is 21.8 Å². The first-order valence-corrected chi connectivity index (χ1v) is 12.6. The van der Waals surface area contributed by atoms with Gasteiger partial charge in [-0.2, -0.15) is 4.31 Å². The van der Waals surface area contributed by atoms with Crippen LogP contribution < -0.4 is 15.1 Å². The van der Waals surface area contributed by atoms with Crippen molar-refractivity contribution in [2.75, 3.05) is 54.8 Å². The number of carbonyl (C=O) groups excluding carboxylic acids is 2. The number of anilines is 2. The van der Waals surface area contributed by atoms with E-state index in [2.05, 4.69) is 5.32 Å². The minimum atomic E-state index is -3.52. The van der Waals surface area contributed by atoms with Gasteiger partial charge < -0.3 is 15.1 Å². The number of piperazine rings is 1. The summed E-state index contributed by atoms with van der Waals surface area (Å²) < 4.78 is 40.0. The Labute approximate surface area is 193 Å². The third-order valence-corrected chi connectivity index (χ3v) is 7.92. The van der Waals surface area contributed by atoms with Crippen LogP contribution >= 0.6 is 0 Å². The van der Waals surface area contributed by atoms with E-state index in [9.17, 15) is 22.4 Å². The summed E-state index contributed by atoms with van der Waals surface area (Å²) in [5.41, 5.74) is 1.61. The molecule has 1 N–H and O–H groups in total. The summed E-state index contributed by atoms with van der Waals surface area (Å²) in [6.07, 6.45) is 0.110. The van der Waals surface area contributed by atoms with E-state index >= 15 is 0 Å². The third-order valence-electron chi connectivity index (χ3n) is 6.05. The summed E-state index contributed by atoms with van der Waals surface area (Å²) >= 11 is 0. The van der Waals surface area contributed by atoms with Crippen molar-refractivity contribution in [2.45, 2.75) is 6.42 Å². The molecule has 2 aliphatic rings. The van der Waals surface area contributed by atoms with Gasteiger partial charge in [0.1, 0.15) is 5.82 Å². The number of hydrogen-bond acceptors (Lipinski definition) is 5. The number of sulfonamides is 1. The Balaban J connectivity index is 1.23. The van der Waals surface area contributed by atoms with Crippen LogP contribution in [0.5, 0.6) is 0 Å². The summed E-state index contributed by atoms with van der Waals surface area (Å²) in [5.74, 6) is -1.43. The number of halogens is 1. The van der Waals surface area contributed by atoms with Crippen LogP contribution in [0.2, 0.25) is 0 Å². The fraction of sp³-hybridized carbons (Fsp3) is 0.391. The molecule has 0 radical (unpaired) electrons. The monoisotopic (exact) mass is 474 g/mol. The molecule has 0 bridgehead atoms. The number of rotatable bonds is 7. The average molecular weight is 475 g/mol. The summed E-state index contributed by atoms with van der Waals surface area (Å²) in [4.78, 5) is 28.4. The molecule has 0 aromatic heterocycles. The molecule has 0 unspecified atom stereocenters. The zero-order valence-electron chi connectivity index (χ0n) is 18.2. The quantitative estimate of drug-likeness (QED) is 0.656. The predicted octanol–water partition coefficient (Wildman–Crippen LogP) is 1.45. The second-order valence-corrected chi connectivity index (χ2v) is 10.3. The highest BCUT2D eigenvalue weighted by Gasteiger charge is 2.35. The lowest BCUT2D eigenvalue weighted by molar-refractivity contribution is -0.126. The van der Waals surface area contributed by atoms with Crippen LogP contribution in [0.4, 0.5) is 15.8 Å². The molecule has 1 atom stereocenters. The van der Waals surface area contributed by atoms with E-state index in [1.54, 1.807) is 17.0 Å². The van der Waals surface area contributed by atoms with Crippen molar-refractivity contribution in [1.82, 2.24) is 9.62 Å². The van der Waals surface area contributed by atoms with Crippen LogP contribution in [0.25, 0.3) is 0 Å². The highest BCUT2D eigenvalue weighted by atomic mass is 32.2. The van der Waals surface area contributed by atoms with E-state index in [1.807, 2.05) is 35.2 Å². The molecule has 2 saturated heterocycles. The van der Waals surface area contributed by atoms with Gasteiger partial charge in [0.15, 0.2) is 0 Å². The molecule has 0 aliphatic carbocycles. The van der Waals surface area contributed by atoms with E-state index in [-0.39, 0.29) is 42.9 Å². The molecule has 2 fully saturated rings. The van der Waals surface area contributed by atoms with E-state index < -0.39 is 15.9 Å². The Morgan fingerprint density at radius 2 is 1.64 bits per heavy atom. The topological polar surface area (TPSA) is 90.0 Å². The van der Waals surface area contributed by atoms with Gasteiger partial charge in [-0.3, -0.25) is 9.59 Å². The maximum Gasteiger partial charge on any atom is 0.227 e. The Morgan fingerprint density at radius 1 is 0.970 bits per heavy atom. The standard InChI is InChI=1S/C23H27FN4O4S/c24-19-6-8-20(9-7-19)26-11-13-27(14-12-26)33(31,32)15-10-25-23(30)18-16-22(29)28(17-18)21-4-2-1-3-5-21/h1-9,18H,10-17H2,(H,25,30)/t18-/m0/s1. The van der Waals surface area contributed by atoms with E-state index in [0.717, 1.165) is 11.4 Å². The fourth-order valence-corrected chi connectivity index (χ4v) is 5.53. The zero-order chi connectivity index (χ0) is 23.4. The second kappa shape index (κ2) is 9.88. The molecule has 10 heteroatoms. The van der Waals surface area contributed by atoms with Gasteiger partial charge in [-0.15, -0.1) is 0 Å². The summed E-state index contributed by atoms with van der Waals surface area (Å²) in [6.45, 7) is 1.96. The summed E-state index contributed by atoms with van der Waals surface area (Å²) in [5, 5.41) is 2.68. The van der Waals surface area contributed by atoms with Gasteiger partial charge >= 0.3 is 0 Å². The van der Waals surface area contributed by atoms with Crippen molar-refractivity contribution in [1.29, 1.82) is 0 Å². The van der Waals surface area contributed by atoms with Gasteiger partial charge in [0, 0.05) is 57.1 Å². The smallest absolute Gasteiger partial charge is 0.227 e. The van der Waals surface area contributed by atoms with Gasteiger partial charge in [-0.25, -0.2) is 12.8 Å². The van der Waals surface area contributed by atoms with Crippen LogP contribution in [-0.4, -0.2) is 69.6 Å². The number of nitrogens with zero attached hydrogens (tertiary/aromatic N) is 3. The van der Waals surface area contributed by atoms with Crippen molar-refractivity contribution in [3.63, 3.8) is 0 Å². The first-order valence-electron chi connectivity index (χ1n) is 10.9. The van der Waals surface area contributed by atoms with E-state index in [4.69, 9.17) is 0 Å². The van der Waals surface area contributed by atoms with Crippen molar-refractivity contribution in [3.05, 3.63) is 60.4 Å². The SMILES string of the molecule is O=C(NCCS(=O)(=O)N1CCN(c2ccc(F)cc2)CC1)[C@H]1CC(=O)N(c2ccccc2)C1. The zero-order valence-corrected chi connectivity index (χ0v) is 19.0. The normalized spacial score (nSPS) is 19.7.